The highest BCUT2D eigenvalue weighted by Gasteiger charge is 2.37. The molecule has 1 saturated heterocycles. The number of carbonyl (C=O) groups is 3. The van der Waals surface area contributed by atoms with Crippen molar-refractivity contribution in [1.82, 2.24) is 5.32 Å². The lowest BCUT2D eigenvalue weighted by atomic mass is 10.1. The van der Waals surface area contributed by atoms with Gasteiger partial charge in [0.1, 0.15) is 18.0 Å². The van der Waals surface area contributed by atoms with E-state index >= 15 is 0 Å². The van der Waals surface area contributed by atoms with Crippen LogP contribution in [0.2, 0.25) is 0 Å². The second-order valence-corrected chi connectivity index (χ2v) is 8.73. The van der Waals surface area contributed by atoms with E-state index in [4.69, 9.17) is 9.47 Å². The number of hydrogen-bond acceptors (Lipinski definition) is 7. The Balaban J connectivity index is 1.66. The SMILES string of the molecule is CCOc1cc(/C=C2\C(=O)NC(=O)N(c3ccc([N+](=O)[O-])cc3)C2=O)cc(Br)c1OCc1ccccc1F. The fourth-order valence-electron chi connectivity index (χ4n) is 3.62. The minimum atomic E-state index is -0.987. The normalized spacial score (nSPS) is 14.4. The number of nitrogens with zero attached hydrogens (tertiary/aromatic N) is 2. The van der Waals surface area contributed by atoms with E-state index in [1.165, 1.54) is 30.3 Å². The quantitative estimate of drug-likeness (QED) is 0.168. The summed E-state index contributed by atoms with van der Waals surface area (Å²) in [5.41, 5.74) is 0.182. The third-order valence-electron chi connectivity index (χ3n) is 5.39. The van der Waals surface area contributed by atoms with Gasteiger partial charge in [0.2, 0.25) is 0 Å². The van der Waals surface area contributed by atoms with Gasteiger partial charge < -0.3 is 9.47 Å². The highest BCUT2D eigenvalue weighted by molar-refractivity contribution is 9.10. The monoisotopic (exact) mass is 583 g/mol. The first-order valence-corrected chi connectivity index (χ1v) is 12.0. The second-order valence-electron chi connectivity index (χ2n) is 7.87. The maximum absolute atomic E-state index is 14.0. The molecule has 1 fully saturated rings. The van der Waals surface area contributed by atoms with Crippen LogP contribution in [0.3, 0.4) is 0 Å². The van der Waals surface area contributed by atoms with Crippen molar-refractivity contribution in [2.75, 3.05) is 11.5 Å². The molecule has 1 N–H and O–H groups in total. The van der Waals surface area contributed by atoms with Gasteiger partial charge in [0, 0.05) is 17.7 Å². The lowest BCUT2D eigenvalue weighted by molar-refractivity contribution is -0.384. The van der Waals surface area contributed by atoms with Gasteiger partial charge in [-0.2, -0.15) is 0 Å². The van der Waals surface area contributed by atoms with Crippen molar-refractivity contribution >= 4 is 51.2 Å². The van der Waals surface area contributed by atoms with Crippen molar-refractivity contribution in [2.45, 2.75) is 13.5 Å². The van der Waals surface area contributed by atoms with Crippen LogP contribution < -0.4 is 19.7 Å². The highest BCUT2D eigenvalue weighted by atomic mass is 79.9. The van der Waals surface area contributed by atoms with Gasteiger partial charge in [-0.15, -0.1) is 0 Å². The molecule has 3 aromatic rings. The molecule has 0 unspecified atom stereocenters. The summed E-state index contributed by atoms with van der Waals surface area (Å²) < 4.78 is 25.9. The lowest BCUT2D eigenvalue weighted by Gasteiger charge is -2.26. The molecule has 194 valence electrons. The number of hydrogen-bond donors (Lipinski definition) is 1. The van der Waals surface area contributed by atoms with E-state index in [-0.39, 0.29) is 35.9 Å². The molecule has 0 saturated carbocycles. The number of anilines is 1. The zero-order valence-electron chi connectivity index (χ0n) is 19.8. The van der Waals surface area contributed by atoms with Gasteiger partial charge in [0.05, 0.1) is 21.7 Å². The summed E-state index contributed by atoms with van der Waals surface area (Å²) >= 11 is 3.40. The molecule has 1 aliphatic heterocycles. The second kappa shape index (κ2) is 11.2. The molecule has 0 atom stereocenters. The number of rotatable bonds is 8. The molecule has 0 spiro atoms. The maximum Gasteiger partial charge on any atom is 0.335 e. The van der Waals surface area contributed by atoms with Crippen LogP contribution >= 0.6 is 15.9 Å². The molecule has 4 rings (SSSR count). The van der Waals surface area contributed by atoms with Crippen LogP contribution in [-0.4, -0.2) is 29.4 Å². The molecule has 12 heteroatoms. The Bertz CT molecular complexity index is 1470. The zero-order valence-corrected chi connectivity index (χ0v) is 21.4. The maximum atomic E-state index is 14.0. The summed E-state index contributed by atoms with van der Waals surface area (Å²) in [7, 11) is 0. The van der Waals surface area contributed by atoms with E-state index in [0.29, 0.717) is 26.2 Å². The first-order valence-electron chi connectivity index (χ1n) is 11.2. The molecular weight excluding hydrogens is 565 g/mol. The van der Waals surface area contributed by atoms with Crippen LogP contribution in [0.4, 0.5) is 20.6 Å². The van der Waals surface area contributed by atoms with Gasteiger partial charge in [-0.05, 0) is 64.8 Å². The average Bonchev–Trinajstić information content (AvgIpc) is 2.87. The number of nitro groups is 1. The van der Waals surface area contributed by atoms with Gasteiger partial charge in [-0.3, -0.25) is 25.0 Å². The summed E-state index contributed by atoms with van der Waals surface area (Å²) in [5.74, 6) is -1.68. The number of imide groups is 2. The minimum Gasteiger partial charge on any atom is -0.490 e. The first-order chi connectivity index (χ1) is 18.2. The number of carbonyl (C=O) groups excluding carboxylic acids is 3. The smallest absolute Gasteiger partial charge is 0.335 e. The third kappa shape index (κ3) is 5.54. The number of non-ortho nitro benzene ring substituents is 1. The van der Waals surface area contributed by atoms with Crippen molar-refractivity contribution in [2.24, 2.45) is 0 Å². The summed E-state index contributed by atoms with van der Waals surface area (Å²) in [4.78, 5) is 49.2. The minimum absolute atomic E-state index is 0.0459. The summed E-state index contributed by atoms with van der Waals surface area (Å²) in [6.45, 7) is 1.95. The summed E-state index contributed by atoms with van der Waals surface area (Å²) in [6, 6.07) is 13.0. The van der Waals surface area contributed by atoms with Crippen LogP contribution in [0.25, 0.3) is 6.08 Å². The van der Waals surface area contributed by atoms with E-state index < -0.39 is 28.6 Å². The Hall–Kier alpha value is -4.58. The summed E-state index contributed by atoms with van der Waals surface area (Å²) in [6.07, 6.45) is 1.27. The third-order valence-corrected chi connectivity index (χ3v) is 5.98. The van der Waals surface area contributed by atoms with Crippen LogP contribution in [-0.2, 0) is 16.2 Å². The van der Waals surface area contributed by atoms with Gasteiger partial charge >= 0.3 is 6.03 Å². The topological polar surface area (TPSA) is 128 Å². The average molecular weight is 584 g/mol. The predicted molar refractivity (Wildman–Crippen MR) is 138 cm³/mol. The standard InChI is InChI=1S/C26H19BrFN3O7/c1-2-37-22-13-15(12-20(27)23(22)38-14-16-5-3-4-6-21(16)28)11-19-24(32)29-26(34)30(25(19)33)17-7-9-18(10-8-17)31(35)36/h3-13H,2,14H2,1H3,(H,29,32,34)/b19-11+. The predicted octanol–water partition coefficient (Wildman–Crippen LogP) is 5.14. The number of halogens is 2. The molecule has 10 nitrogen and oxygen atoms in total. The molecule has 0 aromatic heterocycles. The van der Waals surface area contributed by atoms with Crippen LogP contribution in [0.5, 0.6) is 11.5 Å². The Kier molecular flexibility index (Phi) is 7.82. The molecule has 0 bridgehead atoms. The molecule has 3 aromatic carbocycles. The number of nitro benzene ring substituents is 1. The number of ether oxygens (including phenoxy) is 2. The molecule has 38 heavy (non-hydrogen) atoms. The van der Waals surface area contributed by atoms with Gasteiger partial charge in [0.15, 0.2) is 11.5 Å². The highest BCUT2D eigenvalue weighted by Crippen LogP contribution is 2.38. The van der Waals surface area contributed by atoms with Crippen molar-refractivity contribution < 1.29 is 33.2 Å². The van der Waals surface area contributed by atoms with Gasteiger partial charge in [-0.25, -0.2) is 14.1 Å². The Morgan fingerprint density at radius 2 is 1.79 bits per heavy atom. The summed E-state index contributed by atoms with van der Waals surface area (Å²) in [5, 5.41) is 13.0. The van der Waals surface area contributed by atoms with Crippen LogP contribution in [0.15, 0.2) is 70.7 Å². The number of benzene rings is 3. The Morgan fingerprint density at radius 1 is 1.08 bits per heavy atom. The van der Waals surface area contributed by atoms with E-state index in [0.717, 1.165) is 12.1 Å². The van der Waals surface area contributed by atoms with E-state index in [2.05, 4.69) is 21.2 Å². The molecule has 1 heterocycles. The zero-order chi connectivity index (χ0) is 27.4. The molecule has 0 aliphatic carbocycles. The molecule has 4 amide bonds. The van der Waals surface area contributed by atoms with Crippen molar-refractivity contribution in [3.63, 3.8) is 0 Å². The molecule has 0 radical (unpaired) electrons. The Morgan fingerprint density at radius 3 is 2.45 bits per heavy atom. The van der Waals surface area contributed by atoms with E-state index in [1.54, 1.807) is 31.2 Å². The van der Waals surface area contributed by atoms with Crippen LogP contribution in [0, 0.1) is 15.9 Å². The number of amides is 4. The van der Waals surface area contributed by atoms with Gasteiger partial charge in [0.25, 0.3) is 17.5 Å². The van der Waals surface area contributed by atoms with Crippen molar-refractivity contribution in [3.8, 4) is 11.5 Å². The fraction of sp³-hybridized carbons (Fsp3) is 0.115. The van der Waals surface area contributed by atoms with Crippen LogP contribution in [0.1, 0.15) is 18.1 Å². The van der Waals surface area contributed by atoms with E-state index in [9.17, 15) is 28.9 Å². The molecule has 1 aliphatic rings. The van der Waals surface area contributed by atoms with E-state index in [1.807, 2.05) is 0 Å². The number of nitrogens with one attached hydrogen (secondary N) is 1. The van der Waals surface area contributed by atoms with Crippen molar-refractivity contribution in [3.05, 3.63) is 97.8 Å². The largest absolute Gasteiger partial charge is 0.490 e. The number of urea groups is 1. The first kappa shape index (κ1) is 26.5. The lowest BCUT2D eigenvalue weighted by Crippen LogP contribution is -2.54. The Labute approximate surface area is 223 Å². The number of barbiturate groups is 1. The molecular formula is C26H19BrFN3O7. The fourth-order valence-corrected chi connectivity index (χ4v) is 4.20. The van der Waals surface area contributed by atoms with Gasteiger partial charge in [-0.1, -0.05) is 18.2 Å². The van der Waals surface area contributed by atoms with Crippen molar-refractivity contribution in [1.29, 1.82) is 0 Å².